The van der Waals surface area contributed by atoms with Gasteiger partial charge in [0.2, 0.25) is 0 Å². The number of methoxy groups -OCH3 is 2. The molecule has 0 bridgehead atoms. The molecule has 0 saturated carbocycles. The molecule has 1 aromatic heterocycles. The molecule has 5 aromatic carbocycles. The van der Waals surface area contributed by atoms with Gasteiger partial charge in [0.05, 0.1) is 36.2 Å². The monoisotopic (exact) mass is 910 g/mol. The Morgan fingerprint density at radius 1 is 0.734 bits per heavy atom. The van der Waals surface area contributed by atoms with Crippen LogP contribution in [0.25, 0.3) is 21.7 Å². The first kappa shape index (κ1) is 46.8. The Balaban J connectivity index is 0.000000161. The topological polar surface area (TPSA) is 225 Å². The second-order valence-corrected chi connectivity index (χ2v) is 17.8. The second kappa shape index (κ2) is 19.4. The van der Waals surface area contributed by atoms with Crippen molar-refractivity contribution in [1.82, 2.24) is 14.8 Å². The number of carbonyl (C=O) groups excluding carboxylic acids is 2. The highest BCUT2D eigenvalue weighted by molar-refractivity contribution is 7.86. The molecule has 3 N–H and O–H groups in total. The minimum atomic E-state index is -4.47. The van der Waals surface area contributed by atoms with Crippen LogP contribution in [0.3, 0.4) is 0 Å². The van der Waals surface area contributed by atoms with Crippen LogP contribution in [0.2, 0.25) is 0 Å². The van der Waals surface area contributed by atoms with E-state index in [4.69, 9.17) is 18.6 Å². The van der Waals surface area contributed by atoms with Crippen molar-refractivity contribution in [3.05, 3.63) is 170 Å². The van der Waals surface area contributed by atoms with Gasteiger partial charge in [-0.2, -0.15) is 16.8 Å². The number of nitro benzene ring substituents is 1. The Bertz CT molecular complexity index is 2960. The number of aromatic nitrogens is 1. The summed E-state index contributed by atoms with van der Waals surface area (Å²) in [5.74, 6) is -2.33. The van der Waals surface area contributed by atoms with Crippen molar-refractivity contribution in [3.8, 4) is 0 Å². The van der Waals surface area contributed by atoms with Gasteiger partial charge < -0.3 is 24.3 Å². The number of carbonyl (C=O) groups is 2. The quantitative estimate of drug-likeness (QED) is 0.0595. The van der Waals surface area contributed by atoms with Crippen molar-refractivity contribution in [2.24, 2.45) is 0 Å². The van der Waals surface area contributed by atoms with Crippen LogP contribution in [0, 0.1) is 10.1 Å². The number of benzene rings is 5. The van der Waals surface area contributed by atoms with Crippen molar-refractivity contribution < 1.29 is 49.9 Å². The zero-order valence-corrected chi connectivity index (χ0v) is 37.1. The van der Waals surface area contributed by atoms with Crippen molar-refractivity contribution in [2.75, 3.05) is 27.8 Å². The zero-order valence-electron chi connectivity index (χ0n) is 35.5. The van der Waals surface area contributed by atoms with Crippen LogP contribution in [-0.4, -0.2) is 80.1 Å². The number of fused-ring (bicyclic) bond motifs is 4. The predicted octanol–water partition coefficient (Wildman–Crippen LogP) is 7.19. The van der Waals surface area contributed by atoms with E-state index in [-0.39, 0.29) is 33.2 Å². The Labute approximate surface area is 370 Å². The third-order valence-corrected chi connectivity index (χ3v) is 12.8. The van der Waals surface area contributed by atoms with Gasteiger partial charge in [-0.05, 0) is 50.2 Å². The molecule has 2 aliphatic heterocycles. The summed E-state index contributed by atoms with van der Waals surface area (Å²) in [5.41, 5.74) is 6.99. The number of ether oxygens (including phenoxy) is 2. The van der Waals surface area contributed by atoms with Gasteiger partial charge in [-0.1, -0.05) is 91.0 Å². The minimum absolute atomic E-state index is 0.0233. The third kappa shape index (κ3) is 9.91. The van der Waals surface area contributed by atoms with Crippen molar-refractivity contribution in [3.63, 3.8) is 0 Å². The van der Waals surface area contributed by atoms with Gasteiger partial charge in [-0.25, -0.2) is 9.59 Å². The van der Waals surface area contributed by atoms with Gasteiger partial charge >= 0.3 is 11.9 Å². The van der Waals surface area contributed by atoms with Crippen molar-refractivity contribution >= 4 is 59.5 Å². The minimum Gasteiger partial charge on any atom is -0.466 e. The van der Waals surface area contributed by atoms with E-state index < -0.39 is 52.8 Å². The van der Waals surface area contributed by atoms with Crippen LogP contribution >= 0.6 is 0 Å². The molecule has 0 radical (unpaired) electrons. The van der Waals surface area contributed by atoms with E-state index in [0.717, 1.165) is 38.2 Å². The average Bonchev–Trinajstić information content (AvgIpc) is 3.57. The molecular formula is C46H46N4O12S2. The Kier molecular flexibility index (Phi) is 14.2. The van der Waals surface area contributed by atoms with Gasteiger partial charge in [-0.15, -0.1) is 0 Å². The molecule has 334 valence electrons. The zero-order chi connectivity index (χ0) is 46.5. The summed E-state index contributed by atoms with van der Waals surface area (Å²) in [6.45, 7) is 6.48. The van der Waals surface area contributed by atoms with Gasteiger partial charge in [0.15, 0.2) is 0 Å². The molecule has 0 fully saturated rings. The van der Waals surface area contributed by atoms with Crippen LogP contribution in [-0.2, 0) is 58.8 Å². The van der Waals surface area contributed by atoms with Gasteiger partial charge in [0.25, 0.3) is 25.9 Å². The summed E-state index contributed by atoms with van der Waals surface area (Å²) in [7, 11) is -4.30. The maximum absolute atomic E-state index is 12.3. The molecular weight excluding hydrogens is 865 g/mol. The van der Waals surface area contributed by atoms with Crippen LogP contribution in [0.1, 0.15) is 42.1 Å². The first-order valence-corrected chi connectivity index (χ1v) is 22.6. The van der Waals surface area contributed by atoms with E-state index in [2.05, 4.69) is 76.4 Å². The Hall–Kier alpha value is -6.70. The first-order valence-electron chi connectivity index (χ1n) is 19.7. The van der Waals surface area contributed by atoms with E-state index >= 15 is 0 Å². The highest BCUT2D eigenvalue weighted by Crippen LogP contribution is 2.42. The lowest BCUT2D eigenvalue weighted by molar-refractivity contribution is -0.385. The lowest BCUT2D eigenvalue weighted by Gasteiger charge is -2.29. The predicted molar refractivity (Wildman–Crippen MR) is 240 cm³/mol. The number of likely N-dealkylation sites (N-methyl/N-ethyl adjacent to an activating group) is 1. The molecule has 0 amide bonds. The maximum atomic E-state index is 12.3. The molecule has 64 heavy (non-hydrogen) atoms. The van der Waals surface area contributed by atoms with E-state index in [1.807, 2.05) is 0 Å². The molecule has 2 aliphatic rings. The summed E-state index contributed by atoms with van der Waals surface area (Å²) in [6, 6.07) is 33.1. The molecule has 0 aliphatic carbocycles. The fraction of sp³-hybridized carbons (Fsp3) is 0.217. The number of rotatable bonds is 8. The lowest BCUT2D eigenvalue weighted by Crippen LogP contribution is -2.32. The van der Waals surface area contributed by atoms with E-state index in [9.17, 15) is 36.5 Å². The second-order valence-electron chi connectivity index (χ2n) is 15.0. The molecule has 18 heteroatoms. The normalized spacial score (nSPS) is 14.4. The van der Waals surface area contributed by atoms with Gasteiger partial charge in [0, 0.05) is 76.4 Å². The molecule has 6 aromatic rings. The number of nitro groups is 1. The van der Waals surface area contributed by atoms with Crippen molar-refractivity contribution in [1.29, 1.82) is 0 Å². The van der Waals surface area contributed by atoms with Crippen LogP contribution in [0.15, 0.2) is 148 Å². The molecule has 8 rings (SSSR count). The molecule has 0 saturated heterocycles. The van der Waals surface area contributed by atoms with Crippen molar-refractivity contribution in [2.45, 2.75) is 49.1 Å². The molecule has 0 unspecified atom stereocenters. The summed E-state index contributed by atoms with van der Waals surface area (Å²) in [5, 5.41) is 15.9. The van der Waals surface area contributed by atoms with E-state index in [0.29, 0.717) is 11.4 Å². The number of hydrogen-bond acceptors (Lipinski definition) is 12. The number of esters is 2. The van der Waals surface area contributed by atoms with Gasteiger partial charge in [-0.3, -0.25) is 19.2 Å². The maximum Gasteiger partial charge on any atom is 0.336 e. The van der Waals surface area contributed by atoms with E-state index in [1.54, 1.807) is 19.9 Å². The highest BCUT2D eigenvalue weighted by atomic mass is 32.2. The Morgan fingerprint density at radius 2 is 1.23 bits per heavy atom. The summed E-state index contributed by atoms with van der Waals surface area (Å²) in [6.07, 6.45) is 1.15. The molecule has 0 spiro atoms. The summed E-state index contributed by atoms with van der Waals surface area (Å²) in [4.78, 5) is 37.2. The van der Waals surface area contributed by atoms with Crippen LogP contribution < -0.4 is 5.32 Å². The lowest BCUT2D eigenvalue weighted by atomic mass is 9.79. The number of nitrogens with zero attached hydrogens (tertiary/aromatic N) is 3. The largest absolute Gasteiger partial charge is 0.466 e. The molecule has 16 nitrogen and oxygen atoms in total. The smallest absolute Gasteiger partial charge is 0.336 e. The van der Waals surface area contributed by atoms with Crippen LogP contribution in [0.4, 0.5) is 5.69 Å². The van der Waals surface area contributed by atoms with E-state index in [1.165, 1.54) is 84.4 Å². The third-order valence-electron chi connectivity index (χ3n) is 10.9. The number of nitrogens with one attached hydrogen (secondary N) is 1. The molecule has 0 atom stereocenters. The first-order chi connectivity index (χ1) is 30.4. The number of hydrogen-bond donors (Lipinski definition) is 3. The SMILES string of the molecule is CN1CCc2c(c3ccccc3n2Cc2ccccc2)C1.COC(=O)C1=C(C)NC(C)=C(C(=O)OC)C1c1ccccc1[N+](=O)[O-].O=S(=O)(O)c1cccc2c(S(=O)(=O)O)cccc12. The Morgan fingerprint density at radius 3 is 1.77 bits per heavy atom. The fourth-order valence-electron chi connectivity index (χ4n) is 8.15. The number of para-hydroxylation sites is 2. The van der Waals surface area contributed by atoms with Crippen LogP contribution in [0.5, 0.6) is 0 Å². The fourth-order valence-corrected chi connectivity index (χ4v) is 9.56. The highest BCUT2D eigenvalue weighted by Gasteiger charge is 2.40. The summed E-state index contributed by atoms with van der Waals surface area (Å²) >= 11 is 0. The average molecular weight is 911 g/mol. The summed E-state index contributed by atoms with van der Waals surface area (Å²) < 4.78 is 74.9. The number of allylic oxidation sites excluding steroid dienone is 2. The number of dihydropyridines is 1. The van der Waals surface area contributed by atoms with Gasteiger partial charge in [0.1, 0.15) is 9.79 Å². The standard InChI is InChI=1S/C19H20N2.C17H18N2O6.C10H8O6S2/c1-20-12-11-19-17(14-20)16-9-5-6-10-18(16)21(19)13-15-7-3-2-4-8-15;1-9-13(16(20)24-3)15(14(10(2)18-9)17(21)25-4)11-7-5-6-8-12(11)19(22)23;11-17(12,13)9-5-1-3-7-8(9)4-2-6-10(7)18(14,15)16/h2-10H,11-14H2,1H3;5-8,15,18H,1-4H3;1-6H,(H,11,12,13)(H,14,15,16). The molecule has 3 heterocycles.